The van der Waals surface area contributed by atoms with Gasteiger partial charge in [-0.1, -0.05) is 27.7 Å². The van der Waals surface area contributed by atoms with Gasteiger partial charge in [0.1, 0.15) is 17.7 Å². The van der Waals surface area contributed by atoms with Gasteiger partial charge in [-0.05, 0) is 91.5 Å². The van der Waals surface area contributed by atoms with Gasteiger partial charge in [-0.3, -0.25) is 4.90 Å². The van der Waals surface area contributed by atoms with E-state index in [0.29, 0.717) is 41.9 Å². The number of rotatable bonds is 5. The van der Waals surface area contributed by atoms with Crippen molar-refractivity contribution in [2.24, 2.45) is 5.41 Å². The van der Waals surface area contributed by atoms with Gasteiger partial charge in [-0.15, -0.1) is 0 Å². The highest BCUT2D eigenvalue weighted by molar-refractivity contribution is 5.76. The van der Waals surface area contributed by atoms with Crippen molar-refractivity contribution in [1.82, 2.24) is 4.90 Å². The van der Waals surface area contributed by atoms with Crippen LogP contribution in [0.4, 0.5) is 35.5 Å². The molecule has 1 aliphatic carbocycles. The van der Waals surface area contributed by atoms with Crippen LogP contribution in [0, 0.1) is 18.2 Å². The lowest BCUT2D eigenvalue weighted by Gasteiger charge is -2.25. The van der Waals surface area contributed by atoms with Crippen LogP contribution in [0.3, 0.4) is 0 Å². The van der Waals surface area contributed by atoms with Crippen LogP contribution in [0.15, 0.2) is 35.9 Å². The molecule has 43 heavy (non-hydrogen) atoms. The van der Waals surface area contributed by atoms with Gasteiger partial charge in [0.25, 0.3) is 0 Å². The molecule has 1 aliphatic heterocycles. The molecule has 2 aromatic rings. The van der Waals surface area contributed by atoms with Crippen molar-refractivity contribution in [3.8, 4) is 5.75 Å². The summed E-state index contributed by atoms with van der Waals surface area (Å²) in [5.74, 6) is -0.0977. The summed E-state index contributed by atoms with van der Waals surface area (Å²) in [5.41, 5.74) is -0.554. The molecule has 1 saturated heterocycles. The summed E-state index contributed by atoms with van der Waals surface area (Å²) in [4.78, 5) is 14.4. The lowest BCUT2D eigenvalue weighted by atomic mass is 9.84. The number of allylic oxidation sites excluding steroid dienone is 1. The number of aryl methyl sites for hydroxylation is 1. The molecule has 0 aromatic heterocycles. The van der Waals surface area contributed by atoms with Crippen molar-refractivity contribution >= 4 is 11.7 Å². The summed E-state index contributed by atoms with van der Waals surface area (Å²) in [6.45, 7) is 11.5. The molecule has 4 nitrogen and oxygen atoms in total. The molecule has 0 bridgehead atoms. The number of halogens is 7. The quantitative estimate of drug-likeness (QED) is 0.314. The minimum absolute atomic E-state index is 0.0407. The largest absolute Gasteiger partial charge is 0.496 e. The van der Waals surface area contributed by atoms with E-state index in [1.165, 1.54) is 25.0 Å². The van der Waals surface area contributed by atoms with E-state index in [1.54, 1.807) is 13.0 Å². The summed E-state index contributed by atoms with van der Waals surface area (Å²) >= 11 is 0. The normalized spacial score (nSPS) is 20.8. The third-order valence-corrected chi connectivity index (χ3v) is 8.08. The van der Waals surface area contributed by atoms with E-state index in [0.717, 1.165) is 24.0 Å². The maximum atomic E-state index is 14.3. The maximum Gasteiger partial charge on any atom is 0.416 e. The number of ether oxygens (including phenoxy) is 2. The number of alkyl halides is 6. The van der Waals surface area contributed by atoms with E-state index in [-0.39, 0.29) is 23.6 Å². The number of amides is 1. The lowest BCUT2D eigenvalue weighted by molar-refractivity contribution is -0.143. The van der Waals surface area contributed by atoms with Crippen molar-refractivity contribution < 1.29 is 45.0 Å². The lowest BCUT2D eigenvalue weighted by Crippen LogP contribution is -2.34. The number of hydrogen-bond donors (Lipinski definition) is 0. The van der Waals surface area contributed by atoms with E-state index in [1.807, 2.05) is 13.8 Å². The molecule has 0 N–H and O–H groups in total. The molecular formula is C32H38F7NO3. The first kappa shape index (κ1) is 34.3. The minimum atomic E-state index is -5.03. The molecule has 2 aliphatic rings. The van der Waals surface area contributed by atoms with E-state index < -0.39 is 47.5 Å². The summed E-state index contributed by atoms with van der Waals surface area (Å²) in [5, 5.41) is 0. The first-order valence-corrected chi connectivity index (χ1v) is 14.2. The Kier molecular flexibility index (Phi) is 10.2. The van der Waals surface area contributed by atoms with Crippen LogP contribution < -0.4 is 4.74 Å². The number of benzene rings is 2. The smallest absolute Gasteiger partial charge is 0.416 e. The van der Waals surface area contributed by atoms with Crippen molar-refractivity contribution in [3.63, 3.8) is 0 Å². The maximum absolute atomic E-state index is 14.3. The molecule has 1 heterocycles. The van der Waals surface area contributed by atoms with Crippen LogP contribution in [0.1, 0.15) is 94.2 Å². The second-order valence-electron chi connectivity index (χ2n) is 11.6. The topological polar surface area (TPSA) is 38.8 Å². The second kappa shape index (κ2) is 12.8. The molecule has 0 radical (unpaired) electrons. The summed E-state index contributed by atoms with van der Waals surface area (Å²) in [7, 11) is 1.43. The molecule has 1 fully saturated rings. The Labute approximate surface area is 247 Å². The number of hydrogen-bond acceptors (Lipinski definition) is 3. The van der Waals surface area contributed by atoms with Crippen LogP contribution in [0.2, 0.25) is 0 Å². The Morgan fingerprint density at radius 2 is 1.51 bits per heavy atom. The molecule has 4 rings (SSSR count). The molecule has 2 atom stereocenters. The molecule has 2 aromatic carbocycles. The fourth-order valence-corrected chi connectivity index (χ4v) is 5.48. The summed E-state index contributed by atoms with van der Waals surface area (Å²) < 4.78 is 106. The van der Waals surface area contributed by atoms with Crippen molar-refractivity contribution in [3.05, 3.63) is 69.5 Å². The Balaban J connectivity index is 0.00000248. The predicted octanol–water partition coefficient (Wildman–Crippen LogP) is 10.1. The molecule has 238 valence electrons. The van der Waals surface area contributed by atoms with Gasteiger partial charge in [0, 0.05) is 18.2 Å². The van der Waals surface area contributed by atoms with Gasteiger partial charge in [0.05, 0.1) is 24.3 Å². The third kappa shape index (κ3) is 7.65. The Hall–Kier alpha value is -3.24. The van der Waals surface area contributed by atoms with Crippen LogP contribution in [-0.4, -0.2) is 30.7 Å². The first-order chi connectivity index (χ1) is 19.9. The minimum Gasteiger partial charge on any atom is -0.496 e. The fourth-order valence-electron chi connectivity index (χ4n) is 5.48. The first-order valence-electron chi connectivity index (χ1n) is 14.2. The van der Waals surface area contributed by atoms with Gasteiger partial charge in [-0.25, -0.2) is 9.18 Å². The summed E-state index contributed by atoms with van der Waals surface area (Å²) in [6.07, 6.45) is -9.49. The average Bonchev–Trinajstić information content (AvgIpc) is 3.11. The molecule has 1 amide bonds. The van der Waals surface area contributed by atoms with E-state index in [9.17, 15) is 35.5 Å². The summed E-state index contributed by atoms with van der Waals surface area (Å²) in [6, 6.07) is 3.37. The van der Waals surface area contributed by atoms with Gasteiger partial charge in [0.2, 0.25) is 0 Å². The van der Waals surface area contributed by atoms with Crippen molar-refractivity contribution in [2.45, 2.75) is 91.7 Å². The fraction of sp³-hybridized carbons (Fsp3) is 0.531. The van der Waals surface area contributed by atoms with E-state index in [2.05, 4.69) is 13.8 Å². The van der Waals surface area contributed by atoms with Crippen molar-refractivity contribution in [2.75, 3.05) is 13.7 Å². The highest BCUT2D eigenvalue weighted by Crippen LogP contribution is 2.45. The van der Waals surface area contributed by atoms with Gasteiger partial charge in [-0.2, -0.15) is 26.3 Å². The highest BCUT2D eigenvalue weighted by atomic mass is 19.4. The molecular weight excluding hydrogens is 579 g/mol. The zero-order chi connectivity index (χ0) is 32.5. The standard InChI is InChI=1S/C30H32F7NO3.C2H6/c1-16-10-23(25(40-5)14-24(16)31)22-7-9-28(3,4)8-6-18(22)15-38-17(2)26(41-27(38)39)19-11-20(29(32,33)34)13-21(12-19)30(35,36)37;1-2/h10-14,17,26H,6-9,15H2,1-5H3;1-2H3. The number of carbonyl (C=O) groups excluding carboxylic acids is 1. The van der Waals surface area contributed by atoms with Gasteiger partial charge >= 0.3 is 18.4 Å². The van der Waals surface area contributed by atoms with Crippen LogP contribution in [0.25, 0.3) is 5.57 Å². The van der Waals surface area contributed by atoms with Gasteiger partial charge in [0.15, 0.2) is 0 Å². The molecule has 11 heteroatoms. The van der Waals surface area contributed by atoms with E-state index in [4.69, 9.17) is 9.47 Å². The zero-order valence-corrected chi connectivity index (χ0v) is 25.4. The van der Waals surface area contributed by atoms with Crippen molar-refractivity contribution in [1.29, 1.82) is 0 Å². The number of cyclic esters (lactones) is 1. The predicted molar refractivity (Wildman–Crippen MR) is 150 cm³/mol. The van der Waals surface area contributed by atoms with Crippen LogP contribution in [0.5, 0.6) is 5.75 Å². The van der Waals surface area contributed by atoms with Crippen LogP contribution in [-0.2, 0) is 17.1 Å². The monoisotopic (exact) mass is 617 g/mol. The number of carbonyl (C=O) groups is 1. The second-order valence-corrected chi connectivity index (χ2v) is 11.6. The number of methoxy groups -OCH3 is 1. The Morgan fingerprint density at radius 3 is 2.05 bits per heavy atom. The average molecular weight is 618 g/mol. The molecule has 0 spiro atoms. The molecule has 2 unspecified atom stereocenters. The van der Waals surface area contributed by atoms with Crippen LogP contribution >= 0.6 is 0 Å². The highest BCUT2D eigenvalue weighted by Gasteiger charge is 2.44. The molecule has 0 saturated carbocycles. The number of nitrogens with zero attached hydrogens (tertiary/aromatic N) is 1. The van der Waals surface area contributed by atoms with Gasteiger partial charge < -0.3 is 9.47 Å². The SMILES string of the molecule is CC.COc1cc(F)c(C)cc1C1=C(CN2C(=O)OC(c3cc(C(F)(F)F)cc(C(F)(F)F)c3)C2C)CCC(C)(C)CC1. The Morgan fingerprint density at radius 1 is 0.953 bits per heavy atom. The zero-order valence-electron chi connectivity index (χ0n) is 25.4. The Bertz CT molecular complexity index is 1330. The van der Waals surface area contributed by atoms with E-state index >= 15 is 0 Å². The third-order valence-electron chi connectivity index (χ3n) is 8.08.